The summed E-state index contributed by atoms with van der Waals surface area (Å²) in [5, 5.41) is 9.91. The molecule has 1 aromatic heterocycles. The van der Waals surface area contributed by atoms with Gasteiger partial charge in [-0.15, -0.1) is 0 Å². The third-order valence-corrected chi connectivity index (χ3v) is 6.35. The van der Waals surface area contributed by atoms with Crippen LogP contribution in [0.2, 0.25) is 0 Å². The summed E-state index contributed by atoms with van der Waals surface area (Å²) in [7, 11) is 0. The normalized spacial score (nSPS) is 15.5. The van der Waals surface area contributed by atoms with Gasteiger partial charge >= 0.3 is 5.97 Å². The number of carbonyl (C=O) groups is 2. The van der Waals surface area contributed by atoms with Crippen LogP contribution in [0.4, 0.5) is 0 Å². The molecule has 6 heteroatoms. The zero-order valence-electron chi connectivity index (χ0n) is 18.5. The molecule has 32 heavy (non-hydrogen) atoms. The SMILES string of the molecule is CCc1cc2c(cc1OCCCC(=O)O)c1c(n2Cc2ccccc2)CCC[C@@H]1C(N)=O. The van der Waals surface area contributed by atoms with Crippen LogP contribution in [0, 0.1) is 0 Å². The van der Waals surface area contributed by atoms with Gasteiger partial charge in [0.2, 0.25) is 5.91 Å². The molecule has 0 bridgehead atoms. The zero-order valence-corrected chi connectivity index (χ0v) is 18.5. The highest BCUT2D eigenvalue weighted by Gasteiger charge is 2.31. The number of carbonyl (C=O) groups excluding carboxylic acids is 1. The second-order valence-electron chi connectivity index (χ2n) is 8.46. The Morgan fingerprint density at radius 1 is 1.22 bits per heavy atom. The average molecular weight is 435 g/mol. The van der Waals surface area contributed by atoms with Crippen LogP contribution in [0.15, 0.2) is 42.5 Å². The summed E-state index contributed by atoms with van der Waals surface area (Å²) in [5.41, 5.74) is 11.4. The number of carboxylic acid groups (broad SMARTS) is 1. The summed E-state index contributed by atoms with van der Waals surface area (Å²) < 4.78 is 8.35. The fourth-order valence-corrected chi connectivity index (χ4v) is 4.82. The lowest BCUT2D eigenvalue weighted by Crippen LogP contribution is -2.25. The number of aromatic nitrogens is 1. The number of aliphatic carboxylic acids is 1. The lowest BCUT2D eigenvalue weighted by Gasteiger charge is -2.22. The van der Waals surface area contributed by atoms with Gasteiger partial charge in [0.15, 0.2) is 0 Å². The van der Waals surface area contributed by atoms with Crippen molar-refractivity contribution in [1.82, 2.24) is 4.57 Å². The van der Waals surface area contributed by atoms with E-state index in [9.17, 15) is 9.59 Å². The number of benzene rings is 2. The molecule has 4 rings (SSSR count). The fraction of sp³-hybridized carbons (Fsp3) is 0.385. The first-order valence-corrected chi connectivity index (χ1v) is 11.3. The van der Waals surface area contributed by atoms with Crippen LogP contribution in [0.25, 0.3) is 10.9 Å². The van der Waals surface area contributed by atoms with Crippen LogP contribution in [0.1, 0.15) is 60.9 Å². The van der Waals surface area contributed by atoms with E-state index in [0.29, 0.717) is 13.0 Å². The minimum Gasteiger partial charge on any atom is -0.493 e. The van der Waals surface area contributed by atoms with Crippen molar-refractivity contribution in [2.45, 2.75) is 57.9 Å². The molecule has 1 aliphatic rings. The Hall–Kier alpha value is -3.28. The molecule has 0 radical (unpaired) electrons. The minimum absolute atomic E-state index is 0.0797. The van der Waals surface area contributed by atoms with E-state index in [1.807, 2.05) is 24.3 Å². The molecule has 1 atom stereocenters. The fourth-order valence-electron chi connectivity index (χ4n) is 4.82. The summed E-state index contributed by atoms with van der Waals surface area (Å²) in [6.07, 6.45) is 3.94. The summed E-state index contributed by atoms with van der Waals surface area (Å²) in [6, 6.07) is 14.5. The maximum atomic E-state index is 12.3. The van der Waals surface area contributed by atoms with Gasteiger partial charge in [0.25, 0.3) is 0 Å². The third kappa shape index (κ3) is 4.35. The number of ether oxygens (including phenoxy) is 1. The first-order chi connectivity index (χ1) is 15.5. The van der Waals surface area contributed by atoms with Gasteiger partial charge in [-0.2, -0.15) is 0 Å². The molecule has 3 N–H and O–H groups in total. The molecule has 1 amide bonds. The predicted molar refractivity (Wildman–Crippen MR) is 124 cm³/mol. The van der Waals surface area contributed by atoms with Gasteiger partial charge in [0.05, 0.1) is 12.5 Å². The highest BCUT2D eigenvalue weighted by Crippen LogP contribution is 2.42. The van der Waals surface area contributed by atoms with Gasteiger partial charge < -0.3 is 20.1 Å². The molecular weight excluding hydrogens is 404 g/mol. The van der Waals surface area contributed by atoms with Crippen molar-refractivity contribution in [3.63, 3.8) is 0 Å². The molecule has 6 nitrogen and oxygen atoms in total. The van der Waals surface area contributed by atoms with E-state index < -0.39 is 5.97 Å². The molecule has 0 saturated heterocycles. The molecule has 0 unspecified atom stereocenters. The number of hydrogen-bond donors (Lipinski definition) is 2. The Morgan fingerprint density at radius 3 is 2.69 bits per heavy atom. The van der Waals surface area contributed by atoms with Crippen molar-refractivity contribution in [2.75, 3.05) is 6.61 Å². The average Bonchev–Trinajstić information content (AvgIpc) is 3.09. The first kappa shape index (κ1) is 21.9. The number of aryl methyl sites for hydroxylation is 1. The van der Waals surface area contributed by atoms with Gasteiger partial charge in [-0.05, 0) is 60.9 Å². The van der Waals surface area contributed by atoms with E-state index in [1.54, 1.807) is 0 Å². The van der Waals surface area contributed by atoms with Crippen molar-refractivity contribution in [3.8, 4) is 5.75 Å². The molecular formula is C26H30N2O4. The van der Waals surface area contributed by atoms with Gasteiger partial charge in [0.1, 0.15) is 5.75 Å². The lowest BCUT2D eigenvalue weighted by atomic mass is 9.84. The van der Waals surface area contributed by atoms with Crippen LogP contribution in [0.3, 0.4) is 0 Å². The van der Waals surface area contributed by atoms with Crippen molar-refractivity contribution in [3.05, 3.63) is 64.8 Å². The number of hydrogen-bond acceptors (Lipinski definition) is 3. The first-order valence-electron chi connectivity index (χ1n) is 11.3. The molecule has 0 aliphatic heterocycles. The van der Waals surface area contributed by atoms with Crippen molar-refractivity contribution in [1.29, 1.82) is 0 Å². The van der Waals surface area contributed by atoms with Crippen LogP contribution >= 0.6 is 0 Å². The molecule has 2 aromatic carbocycles. The second-order valence-corrected chi connectivity index (χ2v) is 8.46. The number of rotatable bonds is 9. The number of carboxylic acids is 1. The van der Waals surface area contributed by atoms with Crippen LogP contribution in [0.5, 0.6) is 5.75 Å². The van der Waals surface area contributed by atoms with E-state index in [4.69, 9.17) is 15.6 Å². The van der Waals surface area contributed by atoms with Crippen LogP contribution in [-0.2, 0) is 29.0 Å². The topological polar surface area (TPSA) is 94.6 Å². The summed E-state index contributed by atoms with van der Waals surface area (Å²) >= 11 is 0. The summed E-state index contributed by atoms with van der Waals surface area (Å²) in [4.78, 5) is 23.2. The standard InChI is InChI=1S/C26H30N2O4/c1-2-18-14-22-20(15-23(18)32-13-7-12-24(29)30)25-19(26(27)31)10-6-11-21(25)28(22)16-17-8-4-3-5-9-17/h3-5,8-9,14-15,19H,2,6-7,10-13,16H2,1H3,(H2,27,31)(H,29,30)/t19-/m0/s1. The molecule has 1 aliphatic carbocycles. The predicted octanol–water partition coefficient (Wildman–Crippen LogP) is 4.40. The Balaban J connectivity index is 1.82. The summed E-state index contributed by atoms with van der Waals surface area (Å²) in [5.74, 6) is -0.645. The number of amides is 1. The lowest BCUT2D eigenvalue weighted by molar-refractivity contribution is -0.137. The van der Waals surface area contributed by atoms with E-state index >= 15 is 0 Å². The van der Waals surface area contributed by atoms with Crippen molar-refractivity contribution >= 4 is 22.8 Å². The quantitative estimate of drug-likeness (QED) is 0.488. The molecule has 0 saturated carbocycles. The van der Waals surface area contributed by atoms with E-state index in [-0.39, 0.29) is 18.2 Å². The minimum atomic E-state index is -0.823. The highest BCUT2D eigenvalue weighted by molar-refractivity contribution is 5.94. The number of nitrogens with zero attached hydrogens (tertiary/aromatic N) is 1. The Bertz CT molecular complexity index is 1130. The maximum Gasteiger partial charge on any atom is 0.303 e. The van der Waals surface area contributed by atoms with E-state index in [0.717, 1.165) is 60.0 Å². The Labute approximate surface area is 188 Å². The van der Waals surface area contributed by atoms with Crippen LogP contribution in [-0.4, -0.2) is 28.2 Å². The molecule has 0 spiro atoms. The van der Waals surface area contributed by atoms with E-state index in [1.165, 1.54) is 11.3 Å². The number of fused-ring (bicyclic) bond motifs is 3. The van der Waals surface area contributed by atoms with Gasteiger partial charge in [-0.3, -0.25) is 9.59 Å². The number of nitrogens with two attached hydrogens (primary N) is 1. The molecule has 0 fully saturated rings. The molecule has 1 heterocycles. The van der Waals surface area contributed by atoms with Crippen LogP contribution < -0.4 is 10.5 Å². The maximum absolute atomic E-state index is 12.3. The smallest absolute Gasteiger partial charge is 0.303 e. The summed E-state index contributed by atoms with van der Waals surface area (Å²) in [6.45, 7) is 3.17. The second kappa shape index (κ2) is 9.47. The zero-order chi connectivity index (χ0) is 22.7. The Morgan fingerprint density at radius 2 is 2.00 bits per heavy atom. The van der Waals surface area contributed by atoms with Crippen molar-refractivity contribution < 1.29 is 19.4 Å². The van der Waals surface area contributed by atoms with Gasteiger partial charge in [0, 0.05) is 29.6 Å². The monoisotopic (exact) mass is 434 g/mol. The third-order valence-electron chi connectivity index (χ3n) is 6.35. The highest BCUT2D eigenvalue weighted by atomic mass is 16.5. The largest absolute Gasteiger partial charge is 0.493 e. The van der Waals surface area contributed by atoms with Gasteiger partial charge in [-0.25, -0.2) is 0 Å². The molecule has 168 valence electrons. The van der Waals surface area contributed by atoms with Gasteiger partial charge in [-0.1, -0.05) is 37.3 Å². The van der Waals surface area contributed by atoms with Crippen molar-refractivity contribution in [2.24, 2.45) is 5.73 Å². The Kier molecular flexibility index (Phi) is 6.49. The molecule has 3 aromatic rings. The number of primary amides is 1. The van der Waals surface area contributed by atoms with E-state index in [2.05, 4.69) is 29.7 Å².